The Morgan fingerprint density at radius 2 is 1.33 bits per heavy atom. The van der Waals surface area contributed by atoms with Gasteiger partial charge in [-0.1, -0.05) is 103 Å². The van der Waals surface area contributed by atoms with Crippen LogP contribution in [0.25, 0.3) is 0 Å². The highest BCUT2D eigenvalue weighted by atomic mass is 35.5. The van der Waals surface area contributed by atoms with Gasteiger partial charge in [0.25, 0.3) is 10.0 Å². The van der Waals surface area contributed by atoms with Gasteiger partial charge < -0.3 is 15.0 Å². The van der Waals surface area contributed by atoms with Crippen LogP contribution in [0, 0.1) is 0 Å². The molecule has 10 heteroatoms. The Morgan fingerprint density at radius 3 is 1.96 bits per heavy atom. The number of anilines is 1. The molecule has 0 saturated carbocycles. The number of hydrogen-bond acceptors (Lipinski definition) is 5. The third kappa shape index (κ3) is 9.28. The molecule has 1 atom stereocenters. The molecular weight excluding hydrogens is 658 g/mol. The maximum absolute atomic E-state index is 14.6. The number of halogens is 1. The van der Waals surface area contributed by atoms with E-state index in [9.17, 15) is 18.0 Å². The average Bonchev–Trinajstić information content (AvgIpc) is 3.13. The van der Waals surface area contributed by atoms with Gasteiger partial charge in [0.15, 0.2) is 0 Å². The van der Waals surface area contributed by atoms with Crippen LogP contribution in [-0.2, 0) is 32.6 Å². The van der Waals surface area contributed by atoms with Gasteiger partial charge in [0.1, 0.15) is 24.1 Å². The number of benzene rings is 5. The fourth-order valence-corrected chi connectivity index (χ4v) is 6.91. The highest BCUT2D eigenvalue weighted by Gasteiger charge is 2.34. The van der Waals surface area contributed by atoms with E-state index in [4.69, 9.17) is 16.3 Å². The van der Waals surface area contributed by atoms with E-state index in [0.717, 1.165) is 9.87 Å². The highest BCUT2D eigenvalue weighted by molar-refractivity contribution is 7.92. The number of sulfonamides is 1. The number of hydrogen-bond donors (Lipinski definition) is 1. The third-order valence-electron chi connectivity index (χ3n) is 7.83. The van der Waals surface area contributed by atoms with E-state index in [1.54, 1.807) is 66.7 Å². The van der Waals surface area contributed by atoms with Crippen molar-refractivity contribution in [3.05, 3.63) is 156 Å². The van der Waals surface area contributed by atoms with Gasteiger partial charge in [-0.25, -0.2) is 8.42 Å². The Balaban J connectivity index is 1.55. The molecule has 252 valence electrons. The smallest absolute Gasteiger partial charge is 0.264 e. The quantitative estimate of drug-likeness (QED) is 0.122. The first-order valence-electron chi connectivity index (χ1n) is 16.0. The lowest BCUT2D eigenvalue weighted by molar-refractivity contribution is -0.140. The molecule has 8 nitrogen and oxygen atoms in total. The SMILES string of the molecule is CCCNC(=O)[C@@H](Cc1ccccc1)N(Cc1ccccc1Cl)C(=O)CN(c1ccc(Oc2ccccc2)cc1)S(=O)(=O)c1ccccc1. The molecule has 1 N–H and O–H groups in total. The standard InChI is InChI=1S/C39H38ClN3O5S/c1-2-26-41-39(45)37(27-30-14-6-3-7-15-30)42(28-31-16-12-13-21-36(31)40)38(44)29-43(49(46,47)35-19-10-5-11-20-35)32-22-24-34(25-23-32)48-33-17-8-4-9-18-33/h3-25,37H,2,26-29H2,1H3,(H,41,45)/t37-/m1/s1. The molecule has 0 bridgehead atoms. The summed E-state index contributed by atoms with van der Waals surface area (Å²) in [7, 11) is -4.24. The van der Waals surface area contributed by atoms with E-state index >= 15 is 0 Å². The predicted octanol–water partition coefficient (Wildman–Crippen LogP) is 7.49. The summed E-state index contributed by atoms with van der Waals surface area (Å²) in [5, 5.41) is 3.37. The van der Waals surface area contributed by atoms with Crippen molar-refractivity contribution < 1.29 is 22.7 Å². The molecule has 0 unspecified atom stereocenters. The first-order valence-corrected chi connectivity index (χ1v) is 17.8. The summed E-state index contributed by atoms with van der Waals surface area (Å²) < 4.78 is 35.5. The summed E-state index contributed by atoms with van der Waals surface area (Å²) in [5.41, 5.74) is 1.72. The van der Waals surface area contributed by atoms with E-state index in [2.05, 4.69) is 5.32 Å². The minimum atomic E-state index is -4.24. The van der Waals surface area contributed by atoms with Gasteiger partial charge in [-0.15, -0.1) is 0 Å². The number of nitrogens with one attached hydrogen (secondary N) is 1. The molecule has 5 rings (SSSR count). The number of para-hydroxylation sites is 1. The summed E-state index contributed by atoms with van der Waals surface area (Å²) in [6, 6.07) is 39.2. The molecule has 0 aliphatic rings. The summed E-state index contributed by atoms with van der Waals surface area (Å²) in [5.74, 6) is 0.206. The summed E-state index contributed by atoms with van der Waals surface area (Å²) >= 11 is 6.57. The van der Waals surface area contributed by atoms with E-state index in [0.29, 0.717) is 35.1 Å². The van der Waals surface area contributed by atoms with Crippen LogP contribution >= 0.6 is 11.6 Å². The van der Waals surface area contributed by atoms with Gasteiger partial charge in [-0.05, 0) is 72.1 Å². The van der Waals surface area contributed by atoms with Gasteiger partial charge in [-0.3, -0.25) is 13.9 Å². The van der Waals surface area contributed by atoms with Crippen LogP contribution in [0.2, 0.25) is 5.02 Å². The second-order valence-corrected chi connectivity index (χ2v) is 13.6. The normalized spacial score (nSPS) is 11.7. The Bertz CT molecular complexity index is 1930. The lowest BCUT2D eigenvalue weighted by Crippen LogP contribution is -2.53. The molecule has 5 aromatic rings. The van der Waals surface area contributed by atoms with Crippen LogP contribution in [-0.4, -0.2) is 44.3 Å². The van der Waals surface area contributed by atoms with Gasteiger partial charge in [0, 0.05) is 24.5 Å². The van der Waals surface area contributed by atoms with Crippen molar-refractivity contribution in [3.8, 4) is 11.5 Å². The van der Waals surface area contributed by atoms with Gasteiger partial charge in [0.2, 0.25) is 11.8 Å². The molecule has 49 heavy (non-hydrogen) atoms. The highest BCUT2D eigenvalue weighted by Crippen LogP contribution is 2.29. The van der Waals surface area contributed by atoms with Crippen LogP contribution in [0.4, 0.5) is 5.69 Å². The minimum Gasteiger partial charge on any atom is -0.457 e. The van der Waals surface area contributed by atoms with Gasteiger partial charge >= 0.3 is 0 Å². The molecule has 5 aromatic carbocycles. The molecular formula is C39H38ClN3O5S. The summed E-state index contributed by atoms with van der Waals surface area (Å²) in [6.45, 7) is 1.78. The topological polar surface area (TPSA) is 96.0 Å². The molecule has 0 radical (unpaired) electrons. The third-order valence-corrected chi connectivity index (χ3v) is 9.99. The number of nitrogens with zero attached hydrogens (tertiary/aromatic N) is 2. The van der Waals surface area contributed by atoms with Crippen molar-refractivity contribution in [2.24, 2.45) is 0 Å². The molecule has 0 aromatic heterocycles. The molecule has 0 spiro atoms. The maximum atomic E-state index is 14.6. The molecule has 0 aliphatic heterocycles. The number of carbonyl (C=O) groups excluding carboxylic acids is 2. The first-order chi connectivity index (χ1) is 23.8. The van der Waals surface area contributed by atoms with E-state index in [1.165, 1.54) is 17.0 Å². The Morgan fingerprint density at radius 1 is 0.755 bits per heavy atom. The second kappa shape index (κ2) is 16.8. The van der Waals surface area contributed by atoms with Crippen molar-refractivity contribution in [2.45, 2.75) is 37.2 Å². The van der Waals surface area contributed by atoms with Gasteiger partial charge in [0.05, 0.1) is 10.6 Å². The molecule has 0 heterocycles. The zero-order chi connectivity index (χ0) is 34.6. The summed E-state index contributed by atoms with van der Waals surface area (Å²) in [4.78, 5) is 29.9. The largest absolute Gasteiger partial charge is 0.457 e. The van der Waals surface area contributed by atoms with Crippen LogP contribution in [0.1, 0.15) is 24.5 Å². The van der Waals surface area contributed by atoms with Gasteiger partial charge in [-0.2, -0.15) is 0 Å². The predicted molar refractivity (Wildman–Crippen MR) is 193 cm³/mol. The number of carbonyl (C=O) groups is 2. The van der Waals surface area contributed by atoms with E-state index in [-0.39, 0.29) is 29.5 Å². The Labute approximate surface area is 293 Å². The van der Waals surface area contributed by atoms with E-state index in [1.807, 2.05) is 67.6 Å². The number of rotatable bonds is 15. The van der Waals surface area contributed by atoms with Crippen molar-refractivity contribution >= 4 is 39.1 Å². The lowest BCUT2D eigenvalue weighted by atomic mass is 10.0. The van der Waals surface area contributed by atoms with E-state index < -0.39 is 28.5 Å². The number of amides is 2. The zero-order valence-electron chi connectivity index (χ0n) is 27.1. The minimum absolute atomic E-state index is 0.0152. The van der Waals surface area contributed by atoms with Crippen LogP contribution in [0.3, 0.4) is 0 Å². The summed E-state index contributed by atoms with van der Waals surface area (Å²) in [6.07, 6.45) is 0.916. The van der Waals surface area contributed by atoms with Crippen molar-refractivity contribution in [2.75, 3.05) is 17.4 Å². The number of ether oxygens (including phenoxy) is 1. The zero-order valence-corrected chi connectivity index (χ0v) is 28.7. The Kier molecular flexibility index (Phi) is 12.1. The van der Waals surface area contributed by atoms with Crippen LogP contribution < -0.4 is 14.4 Å². The maximum Gasteiger partial charge on any atom is 0.264 e. The average molecular weight is 696 g/mol. The van der Waals surface area contributed by atoms with Crippen molar-refractivity contribution in [1.82, 2.24) is 10.2 Å². The fraction of sp³-hybridized carbons (Fsp3) is 0.179. The van der Waals surface area contributed by atoms with Crippen LogP contribution in [0.5, 0.6) is 11.5 Å². The molecule has 0 saturated heterocycles. The lowest BCUT2D eigenvalue weighted by Gasteiger charge is -2.34. The van der Waals surface area contributed by atoms with Crippen molar-refractivity contribution in [3.63, 3.8) is 0 Å². The second-order valence-electron chi connectivity index (χ2n) is 11.3. The first kappa shape index (κ1) is 35.2. The monoisotopic (exact) mass is 695 g/mol. The fourth-order valence-electron chi connectivity index (χ4n) is 5.28. The van der Waals surface area contributed by atoms with Crippen LogP contribution in [0.15, 0.2) is 144 Å². The van der Waals surface area contributed by atoms with Crippen molar-refractivity contribution in [1.29, 1.82) is 0 Å². The molecule has 2 amide bonds. The molecule has 0 aliphatic carbocycles. The molecule has 0 fully saturated rings. The Hall–Kier alpha value is -5.12.